The molecule has 5 rings (SSSR count). The van der Waals surface area contributed by atoms with Crippen LogP contribution < -0.4 is 0 Å². The van der Waals surface area contributed by atoms with Crippen LogP contribution >= 0.6 is 11.6 Å². The van der Waals surface area contributed by atoms with Crippen LogP contribution in [0.2, 0.25) is 5.02 Å². The summed E-state index contributed by atoms with van der Waals surface area (Å²) in [7, 11) is 0. The molecule has 0 aromatic heterocycles. The molecule has 4 heterocycles. The Balaban J connectivity index is 1.40. The minimum absolute atomic E-state index is 0.171. The SMILES string of the molecule is O=C1CC[C@H]2C[C@](C(=O)N3CCC(N4CCCC4)CC3)(c3ccccc3Cl)CN12. The van der Waals surface area contributed by atoms with Crippen molar-refractivity contribution in [3.63, 3.8) is 0 Å². The Morgan fingerprint density at radius 3 is 2.41 bits per heavy atom. The van der Waals surface area contributed by atoms with Gasteiger partial charge in [0.1, 0.15) is 0 Å². The molecule has 6 heteroatoms. The van der Waals surface area contributed by atoms with Crippen molar-refractivity contribution < 1.29 is 9.59 Å². The van der Waals surface area contributed by atoms with E-state index in [2.05, 4.69) is 9.80 Å². The maximum atomic E-state index is 14.0. The largest absolute Gasteiger partial charge is 0.342 e. The summed E-state index contributed by atoms with van der Waals surface area (Å²) in [6.45, 7) is 4.52. The average Bonchev–Trinajstić information content (AvgIpc) is 3.47. The van der Waals surface area contributed by atoms with Crippen LogP contribution in [-0.4, -0.2) is 71.3 Å². The van der Waals surface area contributed by atoms with E-state index in [0.717, 1.165) is 37.9 Å². The van der Waals surface area contributed by atoms with Crippen molar-refractivity contribution in [1.82, 2.24) is 14.7 Å². The molecule has 4 fully saturated rings. The lowest BCUT2D eigenvalue weighted by Crippen LogP contribution is -2.53. The number of nitrogens with zero attached hydrogens (tertiary/aromatic N) is 3. The Bertz CT molecular complexity index is 801. The highest BCUT2D eigenvalue weighted by Crippen LogP contribution is 2.46. The number of carbonyl (C=O) groups is 2. The molecule has 156 valence electrons. The molecule has 0 radical (unpaired) electrons. The van der Waals surface area contributed by atoms with Gasteiger partial charge in [-0.15, -0.1) is 0 Å². The monoisotopic (exact) mass is 415 g/mol. The number of likely N-dealkylation sites (tertiary alicyclic amines) is 2. The Kier molecular flexibility index (Phi) is 5.07. The molecule has 4 aliphatic rings. The van der Waals surface area contributed by atoms with E-state index in [0.29, 0.717) is 30.5 Å². The summed E-state index contributed by atoms with van der Waals surface area (Å²) >= 11 is 6.60. The number of hydrogen-bond acceptors (Lipinski definition) is 3. The lowest BCUT2D eigenvalue weighted by molar-refractivity contribution is -0.139. The van der Waals surface area contributed by atoms with Crippen molar-refractivity contribution in [3.05, 3.63) is 34.9 Å². The normalized spacial score (nSPS) is 30.9. The highest BCUT2D eigenvalue weighted by molar-refractivity contribution is 6.31. The second kappa shape index (κ2) is 7.59. The van der Waals surface area contributed by atoms with Gasteiger partial charge in [-0.1, -0.05) is 29.8 Å². The molecule has 1 aromatic rings. The first-order valence-electron chi connectivity index (χ1n) is 11.2. The molecule has 0 bridgehead atoms. The van der Waals surface area contributed by atoms with E-state index in [4.69, 9.17) is 11.6 Å². The van der Waals surface area contributed by atoms with Gasteiger partial charge in [-0.3, -0.25) is 9.59 Å². The molecule has 29 heavy (non-hydrogen) atoms. The molecule has 0 saturated carbocycles. The molecule has 2 atom stereocenters. The molecule has 4 aliphatic heterocycles. The average molecular weight is 416 g/mol. The fourth-order valence-electron chi connectivity index (χ4n) is 6.14. The van der Waals surface area contributed by atoms with Crippen LogP contribution in [0.25, 0.3) is 0 Å². The van der Waals surface area contributed by atoms with Gasteiger partial charge in [-0.05, 0) is 63.2 Å². The predicted octanol–water partition coefficient (Wildman–Crippen LogP) is 3.06. The summed E-state index contributed by atoms with van der Waals surface area (Å²) in [6, 6.07) is 8.52. The topological polar surface area (TPSA) is 43.9 Å². The van der Waals surface area contributed by atoms with Gasteiger partial charge < -0.3 is 14.7 Å². The predicted molar refractivity (Wildman–Crippen MR) is 113 cm³/mol. The molecule has 4 saturated heterocycles. The van der Waals surface area contributed by atoms with Crippen LogP contribution in [0.4, 0.5) is 0 Å². The Morgan fingerprint density at radius 1 is 1.00 bits per heavy atom. The second-order valence-corrected chi connectivity index (χ2v) is 9.65. The Hall–Kier alpha value is -1.59. The smallest absolute Gasteiger partial charge is 0.235 e. The maximum Gasteiger partial charge on any atom is 0.235 e. The summed E-state index contributed by atoms with van der Waals surface area (Å²) in [4.78, 5) is 33.0. The fourth-order valence-corrected chi connectivity index (χ4v) is 6.45. The van der Waals surface area contributed by atoms with Crippen molar-refractivity contribution >= 4 is 23.4 Å². The van der Waals surface area contributed by atoms with Crippen molar-refractivity contribution in [3.8, 4) is 0 Å². The molecular formula is C23H30ClN3O2. The lowest BCUT2D eigenvalue weighted by atomic mass is 9.76. The Morgan fingerprint density at radius 2 is 1.72 bits per heavy atom. The lowest BCUT2D eigenvalue weighted by Gasteiger charge is -2.41. The first-order valence-corrected chi connectivity index (χ1v) is 11.5. The van der Waals surface area contributed by atoms with E-state index >= 15 is 0 Å². The first kappa shape index (κ1) is 19.4. The fraction of sp³-hybridized carbons (Fsp3) is 0.652. The zero-order chi connectivity index (χ0) is 20.0. The van der Waals surface area contributed by atoms with E-state index < -0.39 is 5.41 Å². The third kappa shape index (κ3) is 3.27. The maximum absolute atomic E-state index is 14.0. The molecule has 2 amide bonds. The van der Waals surface area contributed by atoms with Crippen molar-refractivity contribution in [2.24, 2.45) is 0 Å². The van der Waals surface area contributed by atoms with Gasteiger partial charge in [0.05, 0.1) is 5.41 Å². The number of amides is 2. The zero-order valence-electron chi connectivity index (χ0n) is 17.0. The number of benzene rings is 1. The van der Waals surface area contributed by atoms with Crippen LogP contribution in [0, 0.1) is 0 Å². The van der Waals surface area contributed by atoms with Crippen LogP contribution in [0.3, 0.4) is 0 Å². The summed E-state index contributed by atoms with van der Waals surface area (Å²) in [5.74, 6) is 0.358. The minimum Gasteiger partial charge on any atom is -0.342 e. The summed E-state index contributed by atoms with van der Waals surface area (Å²) in [5.41, 5.74) is 0.204. The second-order valence-electron chi connectivity index (χ2n) is 9.25. The molecular weight excluding hydrogens is 386 g/mol. The number of rotatable bonds is 3. The van der Waals surface area contributed by atoms with Crippen molar-refractivity contribution in [2.45, 2.75) is 62.4 Å². The zero-order valence-corrected chi connectivity index (χ0v) is 17.7. The highest BCUT2D eigenvalue weighted by atomic mass is 35.5. The Labute approximate surface area is 178 Å². The number of fused-ring (bicyclic) bond motifs is 1. The standard InChI is InChI=1S/C23H30ClN3O2/c24-20-6-2-1-5-19(20)23(15-18-7-8-21(28)27(18)16-23)22(29)26-13-9-17(10-14-26)25-11-3-4-12-25/h1-2,5-6,17-18H,3-4,7-16H2/t18-,23+/m0/s1. The van der Waals surface area contributed by atoms with Crippen molar-refractivity contribution in [2.75, 3.05) is 32.7 Å². The molecule has 0 aliphatic carbocycles. The molecule has 0 N–H and O–H groups in total. The van der Waals surface area contributed by atoms with Crippen LogP contribution in [0.5, 0.6) is 0 Å². The number of carbonyl (C=O) groups excluding carboxylic acids is 2. The van der Waals surface area contributed by atoms with E-state index in [-0.39, 0.29) is 17.9 Å². The van der Waals surface area contributed by atoms with Gasteiger partial charge in [0, 0.05) is 43.2 Å². The van der Waals surface area contributed by atoms with Gasteiger partial charge in [-0.25, -0.2) is 0 Å². The minimum atomic E-state index is -0.695. The van der Waals surface area contributed by atoms with Crippen LogP contribution in [0.1, 0.15) is 50.5 Å². The first-order chi connectivity index (χ1) is 14.1. The number of hydrogen-bond donors (Lipinski definition) is 0. The summed E-state index contributed by atoms with van der Waals surface area (Å²) < 4.78 is 0. The van der Waals surface area contributed by atoms with E-state index in [9.17, 15) is 9.59 Å². The van der Waals surface area contributed by atoms with Crippen molar-refractivity contribution in [1.29, 1.82) is 0 Å². The molecule has 0 unspecified atom stereocenters. The molecule has 1 aromatic carbocycles. The molecule has 0 spiro atoms. The quantitative estimate of drug-likeness (QED) is 0.762. The number of piperidine rings is 1. The summed E-state index contributed by atoms with van der Waals surface area (Å²) in [5, 5.41) is 0.640. The van der Waals surface area contributed by atoms with E-state index in [1.807, 2.05) is 29.2 Å². The van der Waals surface area contributed by atoms with Gasteiger partial charge >= 0.3 is 0 Å². The van der Waals surface area contributed by atoms with E-state index in [1.54, 1.807) is 0 Å². The highest BCUT2D eigenvalue weighted by Gasteiger charge is 2.55. The summed E-state index contributed by atoms with van der Waals surface area (Å²) in [6.07, 6.45) is 6.88. The van der Waals surface area contributed by atoms with E-state index in [1.165, 1.54) is 25.9 Å². The van der Waals surface area contributed by atoms with Gasteiger partial charge in [0.25, 0.3) is 0 Å². The van der Waals surface area contributed by atoms with Gasteiger partial charge in [0.2, 0.25) is 11.8 Å². The van der Waals surface area contributed by atoms with Gasteiger partial charge in [0.15, 0.2) is 0 Å². The third-order valence-corrected chi connectivity index (χ3v) is 8.01. The van der Waals surface area contributed by atoms with Gasteiger partial charge in [-0.2, -0.15) is 0 Å². The number of halogens is 1. The van der Waals surface area contributed by atoms with Crippen LogP contribution in [0.15, 0.2) is 24.3 Å². The third-order valence-electron chi connectivity index (χ3n) is 7.68. The van der Waals surface area contributed by atoms with Crippen LogP contribution in [-0.2, 0) is 15.0 Å². The molecule has 5 nitrogen and oxygen atoms in total.